The van der Waals surface area contributed by atoms with Gasteiger partial charge in [-0.1, -0.05) is 6.42 Å². The highest BCUT2D eigenvalue weighted by molar-refractivity contribution is 5.80. The minimum absolute atomic E-state index is 0.0622. The molecule has 2 saturated heterocycles. The maximum atomic E-state index is 12.2. The van der Waals surface area contributed by atoms with Crippen molar-refractivity contribution in [2.45, 2.75) is 44.6 Å². The number of fused-ring (bicyclic) bond motifs is 1. The van der Waals surface area contributed by atoms with Crippen molar-refractivity contribution >= 4 is 12.0 Å². The molecule has 0 aromatic carbocycles. The van der Waals surface area contributed by atoms with Crippen LogP contribution in [0.1, 0.15) is 38.5 Å². The zero-order chi connectivity index (χ0) is 12.8. The number of hydrogen-bond acceptors (Lipinski definition) is 2. The van der Waals surface area contributed by atoms with Gasteiger partial charge in [0.15, 0.2) is 0 Å². The van der Waals surface area contributed by atoms with Gasteiger partial charge in [-0.2, -0.15) is 0 Å². The Kier molecular flexibility index (Phi) is 2.72. The van der Waals surface area contributed by atoms with Crippen LogP contribution in [0.2, 0.25) is 0 Å². The molecule has 2 heterocycles. The van der Waals surface area contributed by atoms with E-state index in [1.54, 1.807) is 4.90 Å². The van der Waals surface area contributed by atoms with Gasteiger partial charge in [-0.3, -0.25) is 4.79 Å². The van der Waals surface area contributed by atoms with E-state index >= 15 is 0 Å². The van der Waals surface area contributed by atoms with Crippen molar-refractivity contribution in [3.63, 3.8) is 0 Å². The number of carbonyl (C=O) groups is 2. The summed E-state index contributed by atoms with van der Waals surface area (Å²) in [5.41, 5.74) is -0.649. The smallest absolute Gasteiger partial charge is 0.320 e. The van der Waals surface area contributed by atoms with E-state index in [2.05, 4.69) is 0 Å². The Balaban J connectivity index is 1.70. The summed E-state index contributed by atoms with van der Waals surface area (Å²) in [6.07, 6.45) is 5.75. The third kappa shape index (κ3) is 1.68. The molecule has 0 unspecified atom stereocenters. The molecule has 3 fully saturated rings. The Morgan fingerprint density at radius 2 is 2.11 bits per heavy atom. The van der Waals surface area contributed by atoms with Gasteiger partial charge >= 0.3 is 12.0 Å². The van der Waals surface area contributed by atoms with Gasteiger partial charge in [0.05, 0.1) is 11.5 Å². The zero-order valence-corrected chi connectivity index (χ0v) is 10.6. The molecular formula is C13H20N2O3. The molecule has 1 aliphatic carbocycles. The molecule has 1 atom stereocenters. The Hall–Kier alpha value is -1.26. The van der Waals surface area contributed by atoms with E-state index in [0.29, 0.717) is 12.6 Å². The Morgan fingerprint density at radius 1 is 1.33 bits per heavy atom. The van der Waals surface area contributed by atoms with E-state index in [9.17, 15) is 14.7 Å². The van der Waals surface area contributed by atoms with Crippen molar-refractivity contribution in [3.05, 3.63) is 0 Å². The third-order valence-corrected chi connectivity index (χ3v) is 4.83. The van der Waals surface area contributed by atoms with Gasteiger partial charge in [-0.05, 0) is 32.1 Å². The molecule has 3 rings (SSSR count). The minimum atomic E-state index is -0.730. The number of urea groups is 1. The summed E-state index contributed by atoms with van der Waals surface area (Å²) >= 11 is 0. The fraction of sp³-hybridized carbons (Fsp3) is 0.846. The molecule has 3 aliphatic rings. The van der Waals surface area contributed by atoms with Crippen LogP contribution in [-0.2, 0) is 4.79 Å². The summed E-state index contributed by atoms with van der Waals surface area (Å²) in [5, 5.41) is 9.34. The minimum Gasteiger partial charge on any atom is -0.481 e. The largest absolute Gasteiger partial charge is 0.481 e. The van der Waals surface area contributed by atoms with Crippen LogP contribution in [0.3, 0.4) is 0 Å². The number of carbonyl (C=O) groups excluding carboxylic acids is 1. The molecule has 2 amide bonds. The molecule has 2 aliphatic heterocycles. The number of hydrogen-bond donors (Lipinski definition) is 1. The summed E-state index contributed by atoms with van der Waals surface area (Å²) in [6, 6.07) is 0.393. The van der Waals surface area contributed by atoms with Crippen molar-refractivity contribution < 1.29 is 14.7 Å². The van der Waals surface area contributed by atoms with Crippen LogP contribution in [0.4, 0.5) is 4.79 Å². The standard InChI is InChI=1S/C13H20N2O3/c16-11(17)13(5-3-6-13)9-14-8-10-4-1-2-7-15(10)12(14)18/h10H,1-9H2,(H,16,17)/t10-/m0/s1. The van der Waals surface area contributed by atoms with Gasteiger partial charge in [0, 0.05) is 19.6 Å². The first-order valence-corrected chi connectivity index (χ1v) is 6.91. The number of amides is 2. The highest BCUT2D eigenvalue weighted by Crippen LogP contribution is 2.43. The van der Waals surface area contributed by atoms with Crippen LogP contribution in [-0.4, -0.2) is 52.6 Å². The first kappa shape index (κ1) is 11.8. The van der Waals surface area contributed by atoms with Gasteiger partial charge in [-0.25, -0.2) is 4.79 Å². The van der Waals surface area contributed by atoms with Crippen LogP contribution in [0.5, 0.6) is 0 Å². The Morgan fingerprint density at radius 3 is 2.67 bits per heavy atom. The van der Waals surface area contributed by atoms with Crippen LogP contribution in [0, 0.1) is 5.41 Å². The maximum absolute atomic E-state index is 12.2. The quantitative estimate of drug-likeness (QED) is 0.828. The Labute approximate surface area is 107 Å². The normalized spacial score (nSPS) is 30.0. The van der Waals surface area contributed by atoms with Gasteiger partial charge in [0.25, 0.3) is 0 Å². The molecule has 1 N–H and O–H groups in total. The summed E-state index contributed by atoms with van der Waals surface area (Å²) in [6.45, 7) is 1.99. The van der Waals surface area contributed by atoms with Crippen molar-refractivity contribution in [1.29, 1.82) is 0 Å². The van der Waals surface area contributed by atoms with E-state index in [-0.39, 0.29) is 6.03 Å². The molecule has 100 valence electrons. The van der Waals surface area contributed by atoms with Gasteiger partial charge in [-0.15, -0.1) is 0 Å². The van der Waals surface area contributed by atoms with Crippen molar-refractivity contribution in [2.75, 3.05) is 19.6 Å². The van der Waals surface area contributed by atoms with Crippen LogP contribution in [0.15, 0.2) is 0 Å². The summed E-state index contributed by atoms with van der Waals surface area (Å²) in [5.74, 6) is -0.730. The molecule has 0 spiro atoms. The summed E-state index contributed by atoms with van der Waals surface area (Å²) < 4.78 is 0. The second-order valence-electron chi connectivity index (χ2n) is 5.95. The molecule has 5 heteroatoms. The van der Waals surface area contributed by atoms with Crippen LogP contribution >= 0.6 is 0 Å². The highest BCUT2D eigenvalue weighted by Gasteiger charge is 2.49. The molecule has 1 saturated carbocycles. The van der Waals surface area contributed by atoms with Crippen molar-refractivity contribution in [3.8, 4) is 0 Å². The second kappa shape index (κ2) is 4.14. The molecular weight excluding hydrogens is 232 g/mol. The van der Waals surface area contributed by atoms with E-state index in [0.717, 1.165) is 45.2 Å². The highest BCUT2D eigenvalue weighted by atomic mass is 16.4. The van der Waals surface area contributed by atoms with Crippen LogP contribution in [0.25, 0.3) is 0 Å². The number of aliphatic carboxylic acids is 1. The zero-order valence-electron chi connectivity index (χ0n) is 10.6. The number of piperidine rings is 1. The van der Waals surface area contributed by atoms with Crippen molar-refractivity contribution in [2.24, 2.45) is 5.41 Å². The lowest BCUT2D eigenvalue weighted by Gasteiger charge is -2.40. The molecule has 0 bridgehead atoms. The van der Waals surface area contributed by atoms with E-state index in [1.807, 2.05) is 4.90 Å². The number of rotatable bonds is 3. The van der Waals surface area contributed by atoms with Crippen molar-refractivity contribution in [1.82, 2.24) is 9.80 Å². The van der Waals surface area contributed by atoms with E-state index in [4.69, 9.17) is 0 Å². The number of carboxylic acids is 1. The first-order valence-electron chi connectivity index (χ1n) is 6.91. The fourth-order valence-electron chi connectivity index (χ4n) is 3.50. The average Bonchev–Trinajstić information content (AvgIpc) is 2.61. The molecule has 0 aromatic rings. The molecule has 5 nitrogen and oxygen atoms in total. The predicted molar refractivity (Wildman–Crippen MR) is 65.2 cm³/mol. The summed E-state index contributed by atoms with van der Waals surface area (Å²) in [4.78, 5) is 27.3. The first-order chi connectivity index (χ1) is 8.62. The fourth-order valence-corrected chi connectivity index (χ4v) is 3.50. The Bertz CT molecular complexity index is 378. The maximum Gasteiger partial charge on any atom is 0.320 e. The SMILES string of the molecule is O=C1N(CC2(C(=O)O)CCC2)C[C@@H]2CCCCN12. The summed E-state index contributed by atoms with van der Waals surface area (Å²) in [7, 11) is 0. The average molecular weight is 252 g/mol. The monoisotopic (exact) mass is 252 g/mol. The third-order valence-electron chi connectivity index (χ3n) is 4.83. The molecule has 0 radical (unpaired) electrons. The number of nitrogens with zero attached hydrogens (tertiary/aromatic N) is 2. The molecule has 18 heavy (non-hydrogen) atoms. The number of carboxylic acid groups (broad SMARTS) is 1. The van der Waals surface area contributed by atoms with E-state index < -0.39 is 11.4 Å². The van der Waals surface area contributed by atoms with Gasteiger partial charge in [0.1, 0.15) is 0 Å². The van der Waals surface area contributed by atoms with E-state index in [1.165, 1.54) is 6.42 Å². The topological polar surface area (TPSA) is 60.9 Å². The predicted octanol–water partition coefficient (Wildman–Crippen LogP) is 1.53. The molecule has 0 aromatic heterocycles. The van der Waals surface area contributed by atoms with Gasteiger partial charge < -0.3 is 14.9 Å². The lowest BCUT2D eigenvalue weighted by Crippen LogP contribution is -2.48. The van der Waals surface area contributed by atoms with Gasteiger partial charge in [0.2, 0.25) is 0 Å². The second-order valence-corrected chi connectivity index (χ2v) is 5.95. The van der Waals surface area contributed by atoms with Crippen LogP contribution < -0.4 is 0 Å². The lowest BCUT2D eigenvalue weighted by atomic mass is 9.68. The lowest BCUT2D eigenvalue weighted by molar-refractivity contribution is -0.155.